The van der Waals surface area contributed by atoms with E-state index in [1.807, 2.05) is 0 Å². The topological polar surface area (TPSA) is 126 Å². The van der Waals surface area contributed by atoms with Crippen LogP contribution in [0.25, 0.3) is 11.4 Å². The van der Waals surface area contributed by atoms with Crippen LogP contribution in [0.4, 0.5) is 23.7 Å². The van der Waals surface area contributed by atoms with Crippen LogP contribution >= 0.6 is 0 Å². The van der Waals surface area contributed by atoms with Crippen LogP contribution in [0, 0.1) is 5.92 Å². The SMILES string of the molecule is C[C@H]1CCN(C(=O)Nc2ccc(C(F)(F)F)c(-c3nccnn3)c2)C(CN(N)/C=C\N)C1. The van der Waals surface area contributed by atoms with Crippen molar-refractivity contribution in [2.75, 3.05) is 18.4 Å². The minimum Gasteiger partial charge on any atom is -0.403 e. The smallest absolute Gasteiger partial charge is 0.403 e. The summed E-state index contributed by atoms with van der Waals surface area (Å²) in [6.07, 6.45) is 2.25. The molecule has 5 N–H and O–H groups in total. The van der Waals surface area contributed by atoms with E-state index in [9.17, 15) is 18.0 Å². The van der Waals surface area contributed by atoms with Crippen LogP contribution in [0.3, 0.4) is 0 Å². The lowest BCUT2D eigenvalue weighted by atomic mass is 9.92. The van der Waals surface area contributed by atoms with Gasteiger partial charge in [0.1, 0.15) is 0 Å². The summed E-state index contributed by atoms with van der Waals surface area (Å²) in [6.45, 7) is 2.96. The fraction of sp³-hybridized carbons (Fsp3) is 0.400. The number of nitrogens with one attached hydrogen (secondary N) is 1. The van der Waals surface area contributed by atoms with Crippen molar-refractivity contribution in [1.29, 1.82) is 0 Å². The lowest BCUT2D eigenvalue weighted by Gasteiger charge is -2.39. The molecule has 1 saturated heterocycles. The van der Waals surface area contributed by atoms with E-state index >= 15 is 0 Å². The van der Waals surface area contributed by atoms with Gasteiger partial charge < -0.3 is 21.0 Å². The zero-order valence-corrected chi connectivity index (χ0v) is 17.5. The van der Waals surface area contributed by atoms with Crippen molar-refractivity contribution < 1.29 is 18.0 Å². The summed E-state index contributed by atoms with van der Waals surface area (Å²) < 4.78 is 40.5. The molecule has 2 aromatic rings. The molecule has 2 heterocycles. The number of urea groups is 1. The van der Waals surface area contributed by atoms with Gasteiger partial charge in [0.15, 0.2) is 5.82 Å². The molecule has 1 fully saturated rings. The Balaban J connectivity index is 1.84. The van der Waals surface area contributed by atoms with E-state index in [2.05, 4.69) is 27.4 Å². The van der Waals surface area contributed by atoms with Gasteiger partial charge in [-0.15, -0.1) is 5.10 Å². The second kappa shape index (κ2) is 9.81. The number of nitrogens with two attached hydrogens (primary N) is 2. The summed E-state index contributed by atoms with van der Waals surface area (Å²) in [5.74, 6) is 6.11. The van der Waals surface area contributed by atoms with Gasteiger partial charge in [-0.25, -0.2) is 15.6 Å². The maximum Gasteiger partial charge on any atom is 0.417 e. The first-order valence-electron chi connectivity index (χ1n) is 10.0. The Morgan fingerprint density at radius 3 is 2.81 bits per heavy atom. The van der Waals surface area contributed by atoms with Crippen LogP contribution in [-0.2, 0) is 6.18 Å². The lowest BCUT2D eigenvalue weighted by molar-refractivity contribution is -0.137. The molecule has 9 nitrogen and oxygen atoms in total. The molecule has 0 spiro atoms. The van der Waals surface area contributed by atoms with Crippen molar-refractivity contribution in [3.63, 3.8) is 0 Å². The Labute approximate surface area is 183 Å². The van der Waals surface area contributed by atoms with Crippen molar-refractivity contribution in [3.05, 3.63) is 48.6 Å². The highest BCUT2D eigenvalue weighted by Gasteiger charge is 2.35. The van der Waals surface area contributed by atoms with Gasteiger partial charge in [0, 0.05) is 36.4 Å². The number of rotatable bonds is 5. The number of likely N-dealkylation sites (tertiary alicyclic amines) is 1. The second-order valence-electron chi connectivity index (χ2n) is 7.67. The number of anilines is 1. The van der Waals surface area contributed by atoms with Gasteiger partial charge >= 0.3 is 12.2 Å². The Bertz CT molecular complexity index is 954. The predicted molar refractivity (Wildman–Crippen MR) is 112 cm³/mol. The Kier molecular flexibility index (Phi) is 7.13. The predicted octanol–water partition coefficient (Wildman–Crippen LogP) is 2.80. The number of hydrogen-bond donors (Lipinski definition) is 3. The first kappa shape index (κ1) is 23.3. The lowest BCUT2D eigenvalue weighted by Crippen LogP contribution is -2.52. The molecule has 2 amide bonds. The van der Waals surface area contributed by atoms with Crippen LogP contribution in [-0.4, -0.2) is 50.3 Å². The van der Waals surface area contributed by atoms with E-state index < -0.39 is 17.8 Å². The maximum absolute atomic E-state index is 13.5. The molecule has 1 aromatic heterocycles. The molecular weight excluding hydrogens is 425 g/mol. The molecule has 1 aliphatic heterocycles. The monoisotopic (exact) mass is 450 g/mol. The summed E-state index contributed by atoms with van der Waals surface area (Å²) in [4.78, 5) is 18.5. The third kappa shape index (κ3) is 5.63. The van der Waals surface area contributed by atoms with E-state index in [0.717, 1.165) is 18.9 Å². The number of aromatic nitrogens is 3. The van der Waals surface area contributed by atoms with E-state index in [-0.39, 0.29) is 23.1 Å². The van der Waals surface area contributed by atoms with E-state index in [4.69, 9.17) is 11.6 Å². The number of halogens is 3. The summed E-state index contributed by atoms with van der Waals surface area (Å²) in [5.41, 5.74) is 4.38. The standard InChI is InChI=1S/C20H25F3N8O/c1-13-4-8-31(15(10-13)12-30(25)9-5-24)19(32)28-14-2-3-17(20(21,22)23)16(11-14)18-26-6-7-27-29-18/h2-3,5-7,9,11,13,15H,4,8,10,12,24-25H2,1H3,(H,28,32)/b9-5-/t13-,15?/m0/s1. The first-order chi connectivity index (χ1) is 15.2. The zero-order chi connectivity index (χ0) is 23.3. The minimum absolute atomic E-state index is 0.185. The van der Waals surface area contributed by atoms with Crippen molar-refractivity contribution in [2.24, 2.45) is 17.5 Å². The molecule has 0 aliphatic carbocycles. The van der Waals surface area contributed by atoms with Gasteiger partial charge in [-0.3, -0.25) is 0 Å². The summed E-state index contributed by atoms with van der Waals surface area (Å²) in [6, 6.07) is 2.69. The number of hydrogen-bond acceptors (Lipinski definition) is 7. The van der Waals surface area contributed by atoms with Crippen LogP contribution in [0.1, 0.15) is 25.3 Å². The average Bonchev–Trinajstić information content (AvgIpc) is 2.73. The molecule has 1 aromatic carbocycles. The highest BCUT2D eigenvalue weighted by atomic mass is 19.4. The van der Waals surface area contributed by atoms with E-state index in [1.165, 1.54) is 41.9 Å². The van der Waals surface area contributed by atoms with Gasteiger partial charge in [-0.05, 0) is 37.0 Å². The molecule has 12 heteroatoms. The van der Waals surface area contributed by atoms with Gasteiger partial charge in [-0.2, -0.15) is 18.3 Å². The number of benzene rings is 1. The molecule has 1 unspecified atom stereocenters. The highest BCUT2D eigenvalue weighted by Crippen LogP contribution is 2.37. The molecule has 0 saturated carbocycles. The van der Waals surface area contributed by atoms with Gasteiger partial charge in [0.05, 0.1) is 24.3 Å². The van der Waals surface area contributed by atoms with Crippen LogP contribution in [0.2, 0.25) is 0 Å². The molecule has 0 bridgehead atoms. The zero-order valence-electron chi connectivity index (χ0n) is 17.5. The summed E-state index contributed by atoms with van der Waals surface area (Å²) in [5, 5.41) is 11.4. The normalized spacial score (nSPS) is 19.2. The molecule has 0 radical (unpaired) electrons. The van der Waals surface area contributed by atoms with Gasteiger partial charge in [0.25, 0.3) is 0 Å². The molecule has 1 aliphatic rings. The third-order valence-electron chi connectivity index (χ3n) is 5.24. The number of amides is 2. The van der Waals surface area contributed by atoms with E-state index in [0.29, 0.717) is 19.0 Å². The molecular formula is C20H25F3N8O. The van der Waals surface area contributed by atoms with Gasteiger partial charge in [0.2, 0.25) is 0 Å². The molecule has 32 heavy (non-hydrogen) atoms. The Morgan fingerprint density at radius 1 is 1.38 bits per heavy atom. The minimum atomic E-state index is -4.62. The Morgan fingerprint density at radius 2 is 2.16 bits per heavy atom. The fourth-order valence-electron chi connectivity index (χ4n) is 3.73. The number of hydrazine groups is 1. The first-order valence-corrected chi connectivity index (χ1v) is 10.0. The summed E-state index contributed by atoms with van der Waals surface area (Å²) in [7, 11) is 0. The van der Waals surface area contributed by atoms with Gasteiger partial charge in [-0.1, -0.05) is 6.92 Å². The fourth-order valence-corrected chi connectivity index (χ4v) is 3.73. The number of alkyl halides is 3. The van der Waals surface area contributed by atoms with Crippen molar-refractivity contribution in [3.8, 4) is 11.4 Å². The van der Waals surface area contributed by atoms with Crippen molar-refractivity contribution >= 4 is 11.7 Å². The molecule has 172 valence electrons. The largest absolute Gasteiger partial charge is 0.417 e. The highest BCUT2D eigenvalue weighted by molar-refractivity contribution is 5.90. The Hall–Kier alpha value is -3.41. The maximum atomic E-state index is 13.5. The van der Waals surface area contributed by atoms with Crippen LogP contribution < -0.4 is 16.9 Å². The number of carbonyl (C=O) groups is 1. The van der Waals surface area contributed by atoms with Crippen molar-refractivity contribution in [2.45, 2.75) is 32.0 Å². The third-order valence-corrected chi connectivity index (χ3v) is 5.24. The van der Waals surface area contributed by atoms with Crippen LogP contribution in [0.15, 0.2) is 43.0 Å². The van der Waals surface area contributed by atoms with Crippen molar-refractivity contribution in [1.82, 2.24) is 25.1 Å². The quantitative estimate of drug-likeness (QED) is 0.472. The molecule has 2 atom stereocenters. The number of piperidine rings is 1. The summed E-state index contributed by atoms with van der Waals surface area (Å²) >= 11 is 0. The van der Waals surface area contributed by atoms with Crippen LogP contribution in [0.5, 0.6) is 0 Å². The molecule has 3 rings (SSSR count). The number of nitrogens with zero attached hydrogens (tertiary/aromatic N) is 5. The second-order valence-corrected chi connectivity index (χ2v) is 7.67. The average molecular weight is 450 g/mol. The number of carbonyl (C=O) groups excluding carboxylic acids is 1. The van der Waals surface area contributed by atoms with E-state index in [1.54, 1.807) is 4.90 Å².